The molecule has 0 radical (unpaired) electrons. The van der Waals surface area contributed by atoms with E-state index in [9.17, 15) is 9.59 Å². The second kappa shape index (κ2) is 5.73. The zero-order chi connectivity index (χ0) is 15.7. The summed E-state index contributed by atoms with van der Waals surface area (Å²) in [4.78, 5) is 26.5. The van der Waals surface area contributed by atoms with E-state index in [0.29, 0.717) is 11.5 Å². The number of anilines is 1. The van der Waals surface area contributed by atoms with Crippen LogP contribution in [0, 0.1) is 6.92 Å². The monoisotopic (exact) mass is 357 g/mol. The molecule has 1 amide bonds. The van der Waals surface area contributed by atoms with Gasteiger partial charge in [0.15, 0.2) is 0 Å². The number of hydrogen-bond donors (Lipinski definition) is 1. The van der Waals surface area contributed by atoms with E-state index in [0.717, 1.165) is 21.4 Å². The number of fused-ring (bicyclic) bond motifs is 1. The Kier molecular flexibility index (Phi) is 3.77. The van der Waals surface area contributed by atoms with Gasteiger partial charge in [0.1, 0.15) is 16.1 Å². The van der Waals surface area contributed by atoms with Crippen LogP contribution in [-0.2, 0) is 9.59 Å². The fourth-order valence-electron chi connectivity index (χ4n) is 2.32. The summed E-state index contributed by atoms with van der Waals surface area (Å²) < 4.78 is 2.51. The lowest BCUT2D eigenvalue weighted by Gasteiger charge is -2.10. The van der Waals surface area contributed by atoms with Crippen molar-refractivity contribution in [3.63, 3.8) is 0 Å². The minimum absolute atomic E-state index is 0.245. The van der Waals surface area contributed by atoms with Crippen molar-refractivity contribution in [3.05, 3.63) is 52.8 Å². The first-order chi connectivity index (χ1) is 10.6. The maximum Gasteiger partial charge on any atom is 0.289 e. The molecule has 0 bridgehead atoms. The number of benzene rings is 1. The number of imidazole rings is 1. The molecular formula is C16H12BrN3O2. The molecule has 22 heavy (non-hydrogen) atoms. The van der Waals surface area contributed by atoms with Crippen LogP contribution in [0.1, 0.15) is 5.69 Å². The van der Waals surface area contributed by atoms with E-state index in [1.165, 1.54) is 0 Å². The number of amides is 1. The normalized spacial score (nSPS) is 10.6. The van der Waals surface area contributed by atoms with Crippen molar-refractivity contribution >= 4 is 39.6 Å². The number of carbonyl (C=O) groups is 2. The smallest absolute Gasteiger partial charge is 0.289 e. The Morgan fingerprint density at radius 3 is 2.64 bits per heavy atom. The third-order valence-corrected chi connectivity index (χ3v) is 4.24. The molecule has 0 saturated heterocycles. The largest absolute Gasteiger partial charge is 0.305 e. The van der Waals surface area contributed by atoms with Crippen LogP contribution in [0.5, 0.6) is 0 Å². The van der Waals surface area contributed by atoms with Crippen molar-refractivity contribution in [3.8, 4) is 11.1 Å². The Bertz CT molecular complexity index is 872. The van der Waals surface area contributed by atoms with Crippen molar-refractivity contribution in [1.82, 2.24) is 9.38 Å². The van der Waals surface area contributed by atoms with Crippen LogP contribution in [0.4, 0.5) is 5.82 Å². The minimum Gasteiger partial charge on any atom is -0.305 e. The molecule has 0 saturated carbocycles. The highest BCUT2D eigenvalue weighted by atomic mass is 79.9. The average molecular weight is 358 g/mol. The third-order valence-electron chi connectivity index (χ3n) is 3.31. The van der Waals surface area contributed by atoms with E-state index >= 15 is 0 Å². The first-order valence-electron chi connectivity index (χ1n) is 6.61. The Labute approximate surface area is 135 Å². The van der Waals surface area contributed by atoms with Crippen LogP contribution in [0.3, 0.4) is 0 Å². The predicted molar refractivity (Wildman–Crippen MR) is 87.8 cm³/mol. The zero-order valence-corrected chi connectivity index (χ0v) is 13.3. The summed E-state index contributed by atoms with van der Waals surface area (Å²) in [6.45, 7) is 1.87. The molecule has 0 aliphatic carbocycles. The molecule has 0 unspecified atom stereocenters. The predicted octanol–water partition coefficient (Wildman–Crippen LogP) is 3.21. The molecule has 3 rings (SSSR count). The van der Waals surface area contributed by atoms with Gasteiger partial charge in [-0.3, -0.25) is 14.0 Å². The Morgan fingerprint density at radius 2 is 1.95 bits per heavy atom. The molecule has 3 aromatic rings. The number of rotatable bonds is 3. The number of nitrogens with zero attached hydrogens (tertiary/aromatic N) is 2. The number of aldehydes is 1. The number of nitrogens with one attached hydrogen (secondary N) is 1. The van der Waals surface area contributed by atoms with Crippen LogP contribution in [0.25, 0.3) is 16.8 Å². The van der Waals surface area contributed by atoms with Crippen LogP contribution in [0.2, 0.25) is 0 Å². The average Bonchev–Trinajstić information content (AvgIpc) is 2.84. The van der Waals surface area contributed by atoms with Crippen LogP contribution >= 0.6 is 15.9 Å². The first-order valence-corrected chi connectivity index (χ1v) is 7.40. The van der Waals surface area contributed by atoms with Crippen molar-refractivity contribution < 1.29 is 9.59 Å². The summed E-state index contributed by atoms with van der Waals surface area (Å²) in [6, 6.07) is 13.5. The molecule has 1 N–H and O–H groups in total. The number of carbonyl (C=O) groups excluding carboxylic acids is 2. The van der Waals surface area contributed by atoms with Gasteiger partial charge in [-0.05, 0) is 40.5 Å². The second-order valence-electron chi connectivity index (χ2n) is 4.75. The molecule has 1 aromatic carbocycles. The maximum atomic E-state index is 11.4. The summed E-state index contributed by atoms with van der Waals surface area (Å²) in [6.07, 6.45) is 0.245. The topological polar surface area (TPSA) is 63.5 Å². The van der Waals surface area contributed by atoms with Gasteiger partial charge < -0.3 is 5.32 Å². The van der Waals surface area contributed by atoms with E-state index < -0.39 is 5.91 Å². The summed E-state index contributed by atoms with van der Waals surface area (Å²) in [5.41, 5.74) is 3.47. The van der Waals surface area contributed by atoms with E-state index in [1.54, 1.807) is 10.5 Å². The lowest BCUT2D eigenvalue weighted by molar-refractivity contribution is -0.127. The van der Waals surface area contributed by atoms with Gasteiger partial charge in [-0.15, -0.1) is 0 Å². The lowest BCUT2D eigenvalue weighted by Crippen LogP contribution is -2.15. The van der Waals surface area contributed by atoms with E-state index in [-0.39, 0.29) is 6.29 Å². The molecule has 0 atom stereocenters. The quantitative estimate of drug-likeness (QED) is 0.578. The Hall–Kier alpha value is -2.47. The molecule has 2 aromatic heterocycles. The molecule has 5 nitrogen and oxygen atoms in total. The van der Waals surface area contributed by atoms with Crippen molar-refractivity contribution in [2.75, 3.05) is 5.32 Å². The van der Waals surface area contributed by atoms with Crippen LogP contribution in [0.15, 0.2) is 47.1 Å². The van der Waals surface area contributed by atoms with Gasteiger partial charge in [0.25, 0.3) is 5.91 Å². The van der Waals surface area contributed by atoms with Gasteiger partial charge >= 0.3 is 0 Å². The number of halogens is 1. The summed E-state index contributed by atoms with van der Waals surface area (Å²) >= 11 is 3.48. The number of pyridine rings is 1. The van der Waals surface area contributed by atoms with Crippen LogP contribution < -0.4 is 5.32 Å². The van der Waals surface area contributed by atoms with E-state index in [1.807, 2.05) is 43.3 Å². The van der Waals surface area contributed by atoms with Crippen LogP contribution in [-0.4, -0.2) is 21.6 Å². The van der Waals surface area contributed by atoms with Gasteiger partial charge in [-0.1, -0.05) is 30.3 Å². The Morgan fingerprint density at radius 1 is 1.23 bits per heavy atom. The van der Waals surface area contributed by atoms with Crippen molar-refractivity contribution in [1.29, 1.82) is 0 Å². The second-order valence-corrected chi connectivity index (χ2v) is 5.50. The minimum atomic E-state index is -0.702. The number of aryl methyl sites for hydroxylation is 1. The SMILES string of the molecule is Cc1nc2c(-c3ccccc3)ccc(NC(=O)C=O)n2c1Br. The number of aromatic nitrogens is 2. The highest BCUT2D eigenvalue weighted by molar-refractivity contribution is 9.10. The molecule has 0 spiro atoms. The van der Waals surface area contributed by atoms with Gasteiger partial charge in [-0.2, -0.15) is 0 Å². The van der Waals surface area contributed by atoms with Crippen molar-refractivity contribution in [2.45, 2.75) is 6.92 Å². The third kappa shape index (κ3) is 2.42. The van der Waals surface area contributed by atoms with E-state index in [4.69, 9.17) is 0 Å². The van der Waals surface area contributed by atoms with Gasteiger partial charge in [0.2, 0.25) is 6.29 Å². The molecule has 0 aliphatic rings. The highest BCUT2D eigenvalue weighted by Gasteiger charge is 2.15. The molecular weight excluding hydrogens is 346 g/mol. The lowest BCUT2D eigenvalue weighted by atomic mass is 10.1. The molecule has 2 heterocycles. The maximum absolute atomic E-state index is 11.4. The summed E-state index contributed by atoms with van der Waals surface area (Å²) in [5.74, 6) is -0.216. The molecule has 6 heteroatoms. The fourth-order valence-corrected chi connectivity index (χ4v) is 2.77. The van der Waals surface area contributed by atoms with E-state index in [2.05, 4.69) is 26.2 Å². The number of hydrogen-bond acceptors (Lipinski definition) is 3. The highest BCUT2D eigenvalue weighted by Crippen LogP contribution is 2.31. The fraction of sp³-hybridized carbons (Fsp3) is 0.0625. The molecule has 0 aliphatic heterocycles. The first kappa shape index (κ1) is 14.5. The standard InChI is InChI=1S/C16H12BrN3O2/c1-10-15(17)20-13(19-14(22)9-21)8-7-12(16(20)18-10)11-5-3-2-4-6-11/h2-9H,1H3,(H,19,22). The molecule has 110 valence electrons. The van der Waals surface area contributed by atoms with Gasteiger partial charge in [0.05, 0.1) is 5.69 Å². The molecule has 0 fully saturated rings. The van der Waals surface area contributed by atoms with Gasteiger partial charge in [-0.25, -0.2) is 4.98 Å². The zero-order valence-electron chi connectivity index (χ0n) is 11.7. The van der Waals surface area contributed by atoms with Gasteiger partial charge in [0, 0.05) is 5.56 Å². The summed E-state index contributed by atoms with van der Waals surface area (Å²) in [5, 5.41) is 2.55. The van der Waals surface area contributed by atoms with Crippen molar-refractivity contribution in [2.24, 2.45) is 0 Å². The Balaban J connectivity index is 2.26. The summed E-state index contributed by atoms with van der Waals surface area (Å²) in [7, 11) is 0.